The number of hydrogen-bond donors (Lipinski definition) is 0. The molecule has 98 valence electrons. The molecule has 1 aliphatic rings. The van der Waals surface area contributed by atoms with Crippen LogP contribution in [0.25, 0.3) is 0 Å². The van der Waals surface area contributed by atoms with Gasteiger partial charge in [-0.15, -0.1) is 0 Å². The van der Waals surface area contributed by atoms with E-state index in [1.807, 2.05) is 0 Å². The molecule has 0 aliphatic heterocycles. The van der Waals surface area contributed by atoms with Crippen molar-refractivity contribution in [1.82, 2.24) is 0 Å². The molecule has 1 aromatic carbocycles. The number of rotatable bonds is 6. The fraction of sp³-hybridized carbons (Fsp3) is 0.500. The van der Waals surface area contributed by atoms with Gasteiger partial charge in [-0.05, 0) is 37.0 Å². The van der Waals surface area contributed by atoms with Crippen molar-refractivity contribution in [3.8, 4) is 11.5 Å². The molecule has 0 heterocycles. The van der Waals surface area contributed by atoms with Gasteiger partial charge in [0.2, 0.25) is 0 Å². The second-order valence-electron chi connectivity index (χ2n) is 4.42. The van der Waals surface area contributed by atoms with Crippen molar-refractivity contribution in [2.45, 2.75) is 18.9 Å². The number of ether oxygens (including phenoxy) is 3. The molecule has 0 radical (unpaired) electrons. The minimum absolute atomic E-state index is 0.0317. The summed E-state index contributed by atoms with van der Waals surface area (Å²) in [6, 6.07) is 5.22. The number of carbonyl (C=O) groups excluding carboxylic acids is 1. The van der Waals surface area contributed by atoms with Gasteiger partial charge in [0.05, 0.1) is 19.8 Å². The molecule has 0 bridgehead atoms. The molecule has 1 aromatic rings. The molecule has 1 aliphatic carbocycles. The number of methoxy groups -OCH3 is 3. The van der Waals surface area contributed by atoms with Crippen molar-refractivity contribution in [3.05, 3.63) is 23.8 Å². The number of benzene rings is 1. The summed E-state index contributed by atoms with van der Waals surface area (Å²) < 4.78 is 15.7. The first-order valence-corrected chi connectivity index (χ1v) is 6.00. The SMILES string of the molecule is COc1ccc(OC)c(C(=O)C(OC)C2CC2)c1. The van der Waals surface area contributed by atoms with E-state index in [1.165, 1.54) is 0 Å². The Morgan fingerprint density at radius 1 is 1.22 bits per heavy atom. The Bertz CT molecular complexity index is 437. The van der Waals surface area contributed by atoms with Crippen LogP contribution in [0.2, 0.25) is 0 Å². The van der Waals surface area contributed by atoms with Crippen LogP contribution < -0.4 is 9.47 Å². The summed E-state index contributed by atoms with van der Waals surface area (Å²) in [6.45, 7) is 0. The summed E-state index contributed by atoms with van der Waals surface area (Å²) in [4.78, 5) is 12.4. The predicted octanol–water partition coefficient (Wildman–Crippen LogP) is 2.31. The van der Waals surface area contributed by atoms with Gasteiger partial charge >= 0.3 is 0 Å². The van der Waals surface area contributed by atoms with Gasteiger partial charge in [0.1, 0.15) is 17.6 Å². The second-order valence-corrected chi connectivity index (χ2v) is 4.42. The fourth-order valence-corrected chi connectivity index (χ4v) is 2.07. The molecule has 1 fully saturated rings. The van der Waals surface area contributed by atoms with Crippen LogP contribution in [0.1, 0.15) is 23.2 Å². The molecule has 1 atom stereocenters. The third-order valence-electron chi connectivity index (χ3n) is 3.23. The molecule has 4 heteroatoms. The molecule has 0 spiro atoms. The molecule has 1 unspecified atom stereocenters. The molecule has 0 saturated heterocycles. The molecule has 1 saturated carbocycles. The van der Waals surface area contributed by atoms with Gasteiger partial charge in [0.15, 0.2) is 5.78 Å². The van der Waals surface area contributed by atoms with Gasteiger partial charge in [-0.1, -0.05) is 0 Å². The number of ketones is 1. The van der Waals surface area contributed by atoms with Crippen LogP contribution in [-0.4, -0.2) is 33.2 Å². The molecule has 0 amide bonds. The molecular weight excluding hydrogens is 232 g/mol. The average molecular weight is 250 g/mol. The summed E-state index contributed by atoms with van der Waals surface area (Å²) in [5.74, 6) is 1.52. The van der Waals surface area contributed by atoms with Crippen molar-refractivity contribution in [3.63, 3.8) is 0 Å². The van der Waals surface area contributed by atoms with E-state index < -0.39 is 0 Å². The van der Waals surface area contributed by atoms with E-state index in [2.05, 4.69) is 0 Å². The van der Waals surface area contributed by atoms with Crippen LogP contribution in [0.3, 0.4) is 0 Å². The lowest BCUT2D eigenvalue weighted by molar-refractivity contribution is 0.0536. The summed E-state index contributed by atoms with van der Waals surface area (Å²) in [5, 5.41) is 0. The first-order chi connectivity index (χ1) is 8.71. The number of Topliss-reactive ketones (excluding diaryl/α,β-unsaturated/α-hetero) is 1. The van der Waals surface area contributed by atoms with Gasteiger partial charge in [-0.2, -0.15) is 0 Å². The monoisotopic (exact) mass is 250 g/mol. The largest absolute Gasteiger partial charge is 0.497 e. The number of carbonyl (C=O) groups is 1. The van der Waals surface area contributed by atoms with E-state index in [9.17, 15) is 4.79 Å². The molecular formula is C14H18O4. The highest BCUT2D eigenvalue weighted by molar-refractivity contribution is 6.02. The van der Waals surface area contributed by atoms with Crippen molar-refractivity contribution < 1.29 is 19.0 Å². The zero-order valence-electron chi connectivity index (χ0n) is 10.9. The average Bonchev–Trinajstić information content (AvgIpc) is 3.23. The van der Waals surface area contributed by atoms with E-state index in [4.69, 9.17) is 14.2 Å². The van der Waals surface area contributed by atoms with E-state index in [0.29, 0.717) is 23.0 Å². The van der Waals surface area contributed by atoms with Crippen molar-refractivity contribution in [2.75, 3.05) is 21.3 Å². The van der Waals surface area contributed by atoms with Gasteiger partial charge < -0.3 is 14.2 Å². The smallest absolute Gasteiger partial charge is 0.195 e. The Balaban J connectivity index is 2.31. The first kappa shape index (κ1) is 12.9. The summed E-state index contributed by atoms with van der Waals surface area (Å²) in [6.07, 6.45) is 1.73. The maximum atomic E-state index is 12.4. The van der Waals surface area contributed by atoms with Crippen LogP contribution in [0.5, 0.6) is 11.5 Å². The van der Waals surface area contributed by atoms with Crippen molar-refractivity contribution in [1.29, 1.82) is 0 Å². The maximum absolute atomic E-state index is 12.4. The first-order valence-electron chi connectivity index (χ1n) is 6.00. The second kappa shape index (κ2) is 5.40. The molecule has 0 aromatic heterocycles. The number of hydrogen-bond acceptors (Lipinski definition) is 4. The van der Waals surface area contributed by atoms with E-state index in [1.54, 1.807) is 39.5 Å². The van der Waals surface area contributed by atoms with Crippen molar-refractivity contribution in [2.24, 2.45) is 5.92 Å². The van der Waals surface area contributed by atoms with E-state index in [0.717, 1.165) is 12.8 Å². The molecule has 0 N–H and O–H groups in total. The third kappa shape index (κ3) is 2.48. The molecule has 18 heavy (non-hydrogen) atoms. The summed E-state index contributed by atoms with van der Waals surface area (Å²) in [5.41, 5.74) is 0.524. The van der Waals surface area contributed by atoms with Gasteiger partial charge in [-0.3, -0.25) is 4.79 Å². The lowest BCUT2D eigenvalue weighted by Gasteiger charge is -2.16. The Kier molecular flexibility index (Phi) is 3.87. The lowest BCUT2D eigenvalue weighted by atomic mass is 10.0. The molecule has 4 nitrogen and oxygen atoms in total. The zero-order chi connectivity index (χ0) is 13.1. The minimum atomic E-state index is -0.369. The van der Waals surface area contributed by atoms with Crippen LogP contribution in [0.4, 0.5) is 0 Å². The minimum Gasteiger partial charge on any atom is -0.497 e. The maximum Gasteiger partial charge on any atom is 0.195 e. The van der Waals surface area contributed by atoms with E-state index >= 15 is 0 Å². The highest BCUT2D eigenvalue weighted by Crippen LogP contribution is 2.37. The van der Waals surface area contributed by atoms with Gasteiger partial charge in [0, 0.05) is 7.11 Å². The van der Waals surface area contributed by atoms with Crippen LogP contribution >= 0.6 is 0 Å². The zero-order valence-corrected chi connectivity index (χ0v) is 10.9. The quantitative estimate of drug-likeness (QED) is 0.727. The highest BCUT2D eigenvalue weighted by atomic mass is 16.5. The predicted molar refractivity (Wildman–Crippen MR) is 67.4 cm³/mol. The van der Waals surface area contributed by atoms with E-state index in [-0.39, 0.29) is 11.9 Å². The van der Waals surface area contributed by atoms with Gasteiger partial charge in [0.25, 0.3) is 0 Å². The topological polar surface area (TPSA) is 44.8 Å². The van der Waals surface area contributed by atoms with Crippen molar-refractivity contribution >= 4 is 5.78 Å². The Morgan fingerprint density at radius 3 is 2.44 bits per heavy atom. The Morgan fingerprint density at radius 2 is 1.94 bits per heavy atom. The summed E-state index contributed by atoms with van der Waals surface area (Å²) >= 11 is 0. The fourth-order valence-electron chi connectivity index (χ4n) is 2.07. The van der Waals surface area contributed by atoms with Crippen LogP contribution in [-0.2, 0) is 4.74 Å². The Labute approximate surface area is 107 Å². The highest BCUT2D eigenvalue weighted by Gasteiger charge is 2.37. The van der Waals surface area contributed by atoms with Gasteiger partial charge in [-0.25, -0.2) is 0 Å². The lowest BCUT2D eigenvalue weighted by Crippen LogP contribution is -2.25. The normalized spacial score (nSPS) is 16.2. The van der Waals surface area contributed by atoms with Crippen LogP contribution in [0.15, 0.2) is 18.2 Å². The van der Waals surface area contributed by atoms with Crippen LogP contribution in [0, 0.1) is 5.92 Å². The molecule has 2 rings (SSSR count). The third-order valence-corrected chi connectivity index (χ3v) is 3.23. The standard InChI is InChI=1S/C14H18O4/c1-16-10-6-7-12(17-2)11(8-10)13(15)14(18-3)9-4-5-9/h6-9,14H,4-5H2,1-3H3. The Hall–Kier alpha value is -1.55. The summed E-state index contributed by atoms with van der Waals surface area (Å²) in [7, 11) is 4.70.